The van der Waals surface area contributed by atoms with Crippen molar-refractivity contribution in [3.8, 4) is 0 Å². The zero-order valence-electron chi connectivity index (χ0n) is 10.1. The molecule has 2 heterocycles. The number of nitrogens with one attached hydrogen (secondary N) is 1. The topological polar surface area (TPSA) is 73.3 Å². The van der Waals surface area contributed by atoms with Gasteiger partial charge in [-0.25, -0.2) is 4.98 Å². The van der Waals surface area contributed by atoms with Crippen LogP contribution in [0, 0.1) is 0 Å². The Bertz CT molecular complexity index is 520. The van der Waals surface area contributed by atoms with Gasteiger partial charge in [0.25, 0.3) is 0 Å². The Morgan fingerprint density at radius 2 is 2.44 bits per heavy atom. The van der Waals surface area contributed by atoms with E-state index in [9.17, 15) is 0 Å². The molecule has 2 atom stereocenters. The molecule has 0 aliphatic carbocycles. The van der Waals surface area contributed by atoms with Crippen LogP contribution in [0.3, 0.4) is 0 Å². The molecule has 0 spiro atoms. The highest BCUT2D eigenvalue weighted by atomic mass is 16.5. The molecule has 0 radical (unpaired) electrons. The first-order chi connectivity index (χ1) is 8.83. The van der Waals surface area contributed by atoms with Gasteiger partial charge in [0.05, 0.1) is 12.7 Å². The number of fused-ring (bicyclic) bond motifs is 1. The molecule has 1 saturated heterocycles. The number of rotatable bonds is 3. The Hall–Kier alpha value is -1.43. The van der Waals surface area contributed by atoms with Gasteiger partial charge in [-0.3, -0.25) is 0 Å². The fourth-order valence-electron chi connectivity index (χ4n) is 2.29. The smallest absolute Gasteiger partial charge is 0.181 e. The second kappa shape index (κ2) is 5.06. The van der Waals surface area contributed by atoms with E-state index in [1.54, 1.807) is 0 Å². The highest BCUT2D eigenvalue weighted by molar-refractivity contribution is 5.72. The first kappa shape index (κ1) is 11.6. The molecule has 0 saturated carbocycles. The number of benzene rings is 1. The number of oxazole rings is 1. The van der Waals surface area contributed by atoms with E-state index in [1.807, 2.05) is 18.2 Å². The molecule has 2 unspecified atom stereocenters. The second-order valence-corrected chi connectivity index (χ2v) is 4.62. The van der Waals surface area contributed by atoms with Crippen LogP contribution in [0.25, 0.3) is 11.1 Å². The summed E-state index contributed by atoms with van der Waals surface area (Å²) >= 11 is 0. The highest BCUT2D eigenvalue weighted by Crippen LogP contribution is 2.22. The minimum Gasteiger partial charge on any atom is -0.443 e. The van der Waals surface area contributed by atoms with E-state index in [0.717, 1.165) is 42.8 Å². The summed E-state index contributed by atoms with van der Waals surface area (Å²) in [6.07, 6.45) is 2.46. The van der Waals surface area contributed by atoms with Crippen molar-refractivity contribution >= 4 is 11.1 Å². The minimum atomic E-state index is -0.0376. The van der Waals surface area contributed by atoms with Gasteiger partial charge in [-0.15, -0.1) is 0 Å². The number of aromatic nitrogens is 1. The lowest BCUT2D eigenvalue weighted by Crippen LogP contribution is -2.40. The summed E-state index contributed by atoms with van der Waals surface area (Å²) in [7, 11) is 0. The molecule has 0 bridgehead atoms. The van der Waals surface area contributed by atoms with Gasteiger partial charge >= 0.3 is 0 Å². The van der Waals surface area contributed by atoms with Crippen molar-refractivity contribution in [2.24, 2.45) is 5.73 Å². The zero-order valence-corrected chi connectivity index (χ0v) is 10.1. The lowest BCUT2D eigenvalue weighted by atomic mass is 10.0. The van der Waals surface area contributed by atoms with E-state index < -0.39 is 0 Å². The largest absolute Gasteiger partial charge is 0.443 e. The Labute approximate surface area is 105 Å². The molecule has 1 aliphatic rings. The summed E-state index contributed by atoms with van der Waals surface area (Å²) in [6, 6.07) is 5.87. The quantitative estimate of drug-likeness (QED) is 0.852. The van der Waals surface area contributed by atoms with Gasteiger partial charge in [-0.1, -0.05) is 6.07 Å². The minimum absolute atomic E-state index is 0.0376. The number of nitrogens with zero attached hydrogens (tertiary/aromatic N) is 1. The van der Waals surface area contributed by atoms with Crippen LogP contribution >= 0.6 is 0 Å². The van der Waals surface area contributed by atoms with E-state index in [0.29, 0.717) is 0 Å². The van der Waals surface area contributed by atoms with Crippen LogP contribution < -0.4 is 11.1 Å². The maximum atomic E-state index is 6.22. The summed E-state index contributed by atoms with van der Waals surface area (Å²) < 4.78 is 11.0. The van der Waals surface area contributed by atoms with Crippen LogP contribution in [0.5, 0.6) is 0 Å². The standard InChI is InChI=1S/C13H17N3O2/c14-11(6-10-7-15-3-4-17-10)9-1-2-12-13(5-9)18-8-16-12/h1-2,5,8,10-11,15H,3-4,6-7,14H2. The van der Waals surface area contributed by atoms with Crippen molar-refractivity contribution in [3.63, 3.8) is 0 Å². The van der Waals surface area contributed by atoms with Crippen LogP contribution in [0.4, 0.5) is 0 Å². The maximum Gasteiger partial charge on any atom is 0.181 e. The first-order valence-corrected chi connectivity index (χ1v) is 6.24. The van der Waals surface area contributed by atoms with Gasteiger partial charge < -0.3 is 20.2 Å². The third-order valence-electron chi connectivity index (χ3n) is 3.30. The van der Waals surface area contributed by atoms with Gasteiger partial charge in [-0.05, 0) is 24.1 Å². The molecule has 5 heteroatoms. The van der Waals surface area contributed by atoms with Crippen molar-refractivity contribution in [1.82, 2.24) is 10.3 Å². The molecule has 1 aromatic carbocycles. The molecule has 18 heavy (non-hydrogen) atoms. The highest BCUT2D eigenvalue weighted by Gasteiger charge is 2.18. The summed E-state index contributed by atoms with van der Waals surface area (Å²) in [5.41, 5.74) is 8.92. The number of hydrogen-bond donors (Lipinski definition) is 2. The first-order valence-electron chi connectivity index (χ1n) is 6.24. The van der Waals surface area contributed by atoms with E-state index >= 15 is 0 Å². The molecule has 3 N–H and O–H groups in total. The number of ether oxygens (including phenoxy) is 1. The monoisotopic (exact) mass is 247 g/mol. The van der Waals surface area contributed by atoms with Crippen LogP contribution in [0.15, 0.2) is 29.0 Å². The molecule has 5 nitrogen and oxygen atoms in total. The van der Waals surface area contributed by atoms with Gasteiger partial charge in [0, 0.05) is 19.1 Å². The summed E-state index contributed by atoms with van der Waals surface area (Å²) in [6.45, 7) is 2.56. The number of nitrogens with two attached hydrogens (primary N) is 1. The Morgan fingerprint density at radius 3 is 3.28 bits per heavy atom. The van der Waals surface area contributed by atoms with Gasteiger partial charge in [0.1, 0.15) is 5.52 Å². The van der Waals surface area contributed by atoms with Crippen molar-refractivity contribution < 1.29 is 9.15 Å². The van der Waals surface area contributed by atoms with E-state index in [-0.39, 0.29) is 12.1 Å². The summed E-state index contributed by atoms with van der Waals surface area (Å²) in [5.74, 6) is 0. The van der Waals surface area contributed by atoms with Crippen molar-refractivity contribution in [2.75, 3.05) is 19.7 Å². The Balaban J connectivity index is 1.72. The van der Waals surface area contributed by atoms with Gasteiger partial charge in [0.15, 0.2) is 12.0 Å². The van der Waals surface area contributed by atoms with Crippen molar-refractivity contribution in [2.45, 2.75) is 18.6 Å². The third kappa shape index (κ3) is 2.38. The van der Waals surface area contributed by atoms with Crippen LogP contribution in [-0.2, 0) is 4.74 Å². The average molecular weight is 247 g/mol. The molecule has 2 aromatic rings. The maximum absolute atomic E-state index is 6.22. The summed E-state index contributed by atoms with van der Waals surface area (Å²) in [5, 5.41) is 3.31. The van der Waals surface area contributed by atoms with Crippen molar-refractivity contribution in [3.05, 3.63) is 30.2 Å². The third-order valence-corrected chi connectivity index (χ3v) is 3.30. The van der Waals surface area contributed by atoms with E-state index in [2.05, 4.69) is 10.3 Å². The lowest BCUT2D eigenvalue weighted by Gasteiger charge is -2.26. The van der Waals surface area contributed by atoms with Crippen LogP contribution in [0.2, 0.25) is 0 Å². The van der Waals surface area contributed by atoms with Gasteiger partial charge in [0.2, 0.25) is 0 Å². The Morgan fingerprint density at radius 1 is 1.50 bits per heavy atom. The molecule has 1 aromatic heterocycles. The SMILES string of the molecule is NC(CC1CNCCO1)c1ccc2ncoc2c1. The van der Waals surface area contributed by atoms with Crippen LogP contribution in [0.1, 0.15) is 18.0 Å². The molecular weight excluding hydrogens is 230 g/mol. The normalized spacial score (nSPS) is 22.2. The number of morpholine rings is 1. The molecule has 3 rings (SSSR count). The zero-order chi connectivity index (χ0) is 12.4. The molecule has 1 fully saturated rings. The lowest BCUT2D eigenvalue weighted by molar-refractivity contribution is 0.0195. The summed E-state index contributed by atoms with van der Waals surface area (Å²) in [4.78, 5) is 4.09. The van der Waals surface area contributed by atoms with E-state index in [1.165, 1.54) is 6.39 Å². The second-order valence-electron chi connectivity index (χ2n) is 4.62. The molecule has 96 valence electrons. The fraction of sp³-hybridized carbons (Fsp3) is 0.462. The predicted octanol–water partition coefficient (Wildman–Crippen LogP) is 1.21. The average Bonchev–Trinajstić information content (AvgIpc) is 2.87. The van der Waals surface area contributed by atoms with E-state index in [4.69, 9.17) is 14.9 Å². The molecule has 0 amide bonds. The molecule has 1 aliphatic heterocycles. The predicted molar refractivity (Wildman–Crippen MR) is 68.2 cm³/mol. The fourth-order valence-corrected chi connectivity index (χ4v) is 2.29. The van der Waals surface area contributed by atoms with Crippen molar-refractivity contribution in [1.29, 1.82) is 0 Å². The number of hydrogen-bond acceptors (Lipinski definition) is 5. The Kier molecular flexibility index (Phi) is 3.27. The molecular formula is C13H17N3O2. The van der Waals surface area contributed by atoms with Gasteiger partial charge in [-0.2, -0.15) is 0 Å². The van der Waals surface area contributed by atoms with Crippen LogP contribution in [-0.4, -0.2) is 30.8 Å².